The third-order valence-corrected chi connectivity index (χ3v) is 4.67. The summed E-state index contributed by atoms with van der Waals surface area (Å²) in [5.41, 5.74) is 16.8. The van der Waals surface area contributed by atoms with Crippen LogP contribution in [0.3, 0.4) is 0 Å². The Bertz CT molecular complexity index is 1180. The van der Waals surface area contributed by atoms with E-state index < -0.39 is 0 Å². The summed E-state index contributed by atoms with van der Waals surface area (Å²) >= 11 is 0. The highest BCUT2D eigenvalue weighted by Gasteiger charge is 2.04. The van der Waals surface area contributed by atoms with Crippen LogP contribution in [0.2, 0.25) is 0 Å². The molecule has 0 aliphatic rings. The lowest BCUT2D eigenvalue weighted by Crippen LogP contribution is -2.16. The molecular weight excluding hydrogens is 406 g/mol. The maximum atomic E-state index is 5.96. The van der Waals surface area contributed by atoms with Crippen molar-refractivity contribution < 1.29 is 9.05 Å². The molecule has 5 N–H and O–H groups in total. The fraction of sp³-hybridized carbons (Fsp3) is 0.130. The number of amidine groups is 2. The predicted octanol–water partition coefficient (Wildman–Crippen LogP) is 3.07. The van der Waals surface area contributed by atoms with E-state index in [1.54, 1.807) is 12.1 Å². The van der Waals surface area contributed by atoms with Gasteiger partial charge in [0.1, 0.15) is 23.9 Å². The molecule has 0 radical (unpaired) electrons. The van der Waals surface area contributed by atoms with E-state index >= 15 is 0 Å². The third-order valence-electron chi connectivity index (χ3n) is 4.67. The van der Waals surface area contributed by atoms with Gasteiger partial charge in [-0.1, -0.05) is 34.6 Å². The quantitative estimate of drug-likeness (QED) is 0.211. The summed E-state index contributed by atoms with van der Waals surface area (Å²) in [6, 6.07) is 19.2. The second kappa shape index (κ2) is 10.2. The molecule has 4 rings (SSSR count). The SMILES string of the molecule is NC(=Nc1ccc(CCNCc2cccc(N=C(N)c3ccon3)c2)cc1)c1ccon1. The van der Waals surface area contributed by atoms with Crippen molar-refractivity contribution in [2.45, 2.75) is 13.0 Å². The van der Waals surface area contributed by atoms with Crippen LogP contribution >= 0.6 is 0 Å². The van der Waals surface area contributed by atoms with E-state index in [0.29, 0.717) is 23.1 Å². The van der Waals surface area contributed by atoms with Crippen molar-refractivity contribution in [2.75, 3.05) is 6.54 Å². The molecule has 4 aromatic rings. The number of hydrogen-bond acceptors (Lipinski definition) is 7. The number of benzene rings is 2. The zero-order valence-corrected chi connectivity index (χ0v) is 17.3. The van der Waals surface area contributed by atoms with Gasteiger partial charge in [-0.15, -0.1) is 0 Å². The van der Waals surface area contributed by atoms with Crippen molar-refractivity contribution in [3.63, 3.8) is 0 Å². The van der Waals surface area contributed by atoms with E-state index in [2.05, 4.69) is 25.6 Å². The highest BCUT2D eigenvalue weighted by molar-refractivity contribution is 5.97. The zero-order valence-electron chi connectivity index (χ0n) is 17.3. The maximum Gasteiger partial charge on any atom is 0.153 e. The summed E-state index contributed by atoms with van der Waals surface area (Å²) in [5, 5.41) is 11.0. The first-order chi connectivity index (χ1) is 15.7. The first-order valence-electron chi connectivity index (χ1n) is 10.1. The highest BCUT2D eigenvalue weighted by atomic mass is 16.5. The molecule has 0 spiro atoms. The van der Waals surface area contributed by atoms with E-state index in [0.717, 1.165) is 36.4 Å². The Morgan fingerprint density at radius 3 is 2.06 bits per heavy atom. The Kier molecular flexibility index (Phi) is 6.69. The Morgan fingerprint density at radius 1 is 0.781 bits per heavy atom. The van der Waals surface area contributed by atoms with Gasteiger partial charge in [-0.25, -0.2) is 9.98 Å². The normalized spacial score (nSPS) is 12.2. The van der Waals surface area contributed by atoms with Gasteiger partial charge in [-0.2, -0.15) is 0 Å². The molecule has 0 bridgehead atoms. The van der Waals surface area contributed by atoms with Crippen LogP contribution in [0.15, 0.2) is 92.2 Å². The third kappa shape index (κ3) is 5.67. The molecule has 0 aliphatic carbocycles. The molecule has 0 atom stereocenters. The molecule has 9 nitrogen and oxygen atoms in total. The molecule has 0 saturated carbocycles. The number of nitrogens with zero attached hydrogens (tertiary/aromatic N) is 4. The maximum absolute atomic E-state index is 5.96. The lowest BCUT2D eigenvalue weighted by atomic mass is 10.1. The minimum atomic E-state index is 0.319. The van der Waals surface area contributed by atoms with E-state index in [4.69, 9.17) is 20.5 Å². The molecule has 0 amide bonds. The molecule has 9 heteroatoms. The number of aliphatic imine (C=N–C) groups is 2. The lowest BCUT2D eigenvalue weighted by molar-refractivity contribution is 0.418. The average Bonchev–Trinajstić information content (AvgIpc) is 3.53. The lowest BCUT2D eigenvalue weighted by Gasteiger charge is -2.07. The second-order valence-corrected chi connectivity index (χ2v) is 7.03. The van der Waals surface area contributed by atoms with Crippen LogP contribution in [-0.4, -0.2) is 28.5 Å². The van der Waals surface area contributed by atoms with Crippen molar-refractivity contribution in [3.8, 4) is 0 Å². The first-order valence-corrected chi connectivity index (χ1v) is 10.1. The molecule has 2 aromatic carbocycles. The van der Waals surface area contributed by atoms with E-state index in [1.165, 1.54) is 18.1 Å². The standard InChI is InChI=1S/C23H23N7O2/c24-22(20-9-12-31-29-20)27-18-6-4-16(5-7-18)8-11-26-15-17-2-1-3-19(14-17)28-23(25)21-10-13-32-30-21/h1-7,9-10,12-14,26H,8,11,15H2,(H2,24,27)(H2,25,28). The van der Waals surface area contributed by atoms with Gasteiger partial charge in [0.2, 0.25) is 0 Å². The van der Waals surface area contributed by atoms with Crippen LogP contribution in [0.5, 0.6) is 0 Å². The molecule has 32 heavy (non-hydrogen) atoms. The smallest absolute Gasteiger partial charge is 0.153 e. The van der Waals surface area contributed by atoms with Crippen molar-refractivity contribution in [2.24, 2.45) is 21.5 Å². The van der Waals surface area contributed by atoms with Gasteiger partial charge in [-0.05, 0) is 48.4 Å². The Balaban J connectivity index is 1.26. The number of nitrogens with one attached hydrogen (secondary N) is 1. The Labute approximate surface area is 184 Å². The highest BCUT2D eigenvalue weighted by Crippen LogP contribution is 2.16. The van der Waals surface area contributed by atoms with Crippen LogP contribution in [-0.2, 0) is 13.0 Å². The monoisotopic (exact) mass is 429 g/mol. The number of hydrogen-bond donors (Lipinski definition) is 3. The zero-order chi connectivity index (χ0) is 22.2. The molecule has 0 unspecified atom stereocenters. The summed E-state index contributed by atoms with van der Waals surface area (Å²) < 4.78 is 9.58. The average molecular weight is 429 g/mol. The summed E-state index contributed by atoms with van der Waals surface area (Å²) in [6.07, 6.45) is 3.82. The van der Waals surface area contributed by atoms with Gasteiger partial charge in [0.05, 0.1) is 11.4 Å². The molecule has 162 valence electrons. The van der Waals surface area contributed by atoms with Crippen LogP contribution < -0.4 is 16.8 Å². The Hall–Kier alpha value is -4.24. The van der Waals surface area contributed by atoms with Crippen LogP contribution in [0.25, 0.3) is 0 Å². The summed E-state index contributed by atoms with van der Waals surface area (Å²) in [7, 11) is 0. The van der Waals surface area contributed by atoms with Gasteiger partial charge in [0, 0.05) is 18.7 Å². The van der Waals surface area contributed by atoms with Gasteiger partial charge < -0.3 is 25.8 Å². The molecule has 2 aromatic heterocycles. The Morgan fingerprint density at radius 2 is 1.44 bits per heavy atom. The van der Waals surface area contributed by atoms with Crippen molar-refractivity contribution in [1.29, 1.82) is 0 Å². The predicted molar refractivity (Wildman–Crippen MR) is 122 cm³/mol. The van der Waals surface area contributed by atoms with Crippen molar-refractivity contribution in [3.05, 3.63) is 95.7 Å². The van der Waals surface area contributed by atoms with Gasteiger partial charge in [0.15, 0.2) is 11.7 Å². The van der Waals surface area contributed by atoms with E-state index in [-0.39, 0.29) is 0 Å². The van der Waals surface area contributed by atoms with Crippen LogP contribution in [0.4, 0.5) is 11.4 Å². The van der Waals surface area contributed by atoms with Crippen LogP contribution in [0.1, 0.15) is 22.5 Å². The van der Waals surface area contributed by atoms with Gasteiger partial charge in [0.25, 0.3) is 0 Å². The molecule has 0 saturated heterocycles. The molecule has 2 heterocycles. The summed E-state index contributed by atoms with van der Waals surface area (Å²) in [4.78, 5) is 8.75. The largest absolute Gasteiger partial charge is 0.382 e. The minimum Gasteiger partial charge on any atom is -0.382 e. The number of rotatable bonds is 9. The molecular formula is C23H23N7O2. The van der Waals surface area contributed by atoms with E-state index in [9.17, 15) is 0 Å². The number of aromatic nitrogens is 2. The number of nitrogens with two attached hydrogens (primary N) is 2. The fourth-order valence-corrected chi connectivity index (χ4v) is 3.02. The minimum absolute atomic E-state index is 0.319. The van der Waals surface area contributed by atoms with Crippen molar-refractivity contribution >= 4 is 23.0 Å². The summed E-state index contributed by atoms with van der Waals surface area (Å²) in [5.74, 6) is 0.641. The van der Waals surface area contributed by atoms with Crippen molar-refractivity contribution in [1.82, 2.24) is 15.6 Å². The molecule has 0 aliphatic heterocycles. The van der Waals surface area contributed by atoms with Crippen LogP contribution in [0, 0.1) is 0 Å². The summed E-state index contributed by atoms with van der Waals surface area (Å²) in [6.45, 7) is 1.56. The second-order valence-electron chi connectivity index (χ2n) is 7.03. The molecule has 0 fully saturated rings. The topological polar surface area (TPSA) is 141 Å². The van der Waals surface area contributed by atoms with Gasteiger partial charge >= 0.3 is 0 Å². The van der Waals surface area contributed by atoms with E-state index in [1.807, 2.05) is 48.5 Å². The fourth-order valence-electron chi connectivity index (χ4n) is 3.02. The first kappa shape index (κ1) is 21.0. The van der Waals surface area contributed by atoms with Gasteiger partial charge in [-0.3, -0.25) is 0 Å².